The quantitative estimate of drug-likeness (QED) is 0.568. The van der Waals surface area contributed by atoms with Crippen molar-refractivity contribution in [3.63, 3.8) is 0 Å². The van der Waals surface area contributed by atoms with Crippen molar-refractivity contribution in [3.05, 3.63) is 75.3 Å². The minimum atomic E-state index is -0.219. The summed E-state index contributed by atoms with van der Waals surface area (Å²) in [7, 11) is 0. The Kier molecular flexibility index (Phi) is 3.26. The van der Waals surface area contributed by atoms with Crippen molar-refractivity contribution in [2.75, 3.05) is 0 Å². The standard InChI is InChI=1S/C17H15N5O2/c1-12-5-6-14-13(10-12)16(23)20(11-18-14)8-9-22-17(24)21-7-3-2-4-15(21)19-22/h2-7,10-11H,8-9H2,1H3. The molecule has 0 amide bonds. The predicted octanol–water partition coefficient (Wildman–Crippen LogP) is 1.21. The van der Waals surface area contributed by atoms with Gasteiger partial charge in [-0.15, -0.1) is 5.10 Å². The summed E-state index contributed by atoms with van der Waals surface area (Å²) in [6.45, 7) is 2.57. The summed E-state index contributed by atoms with van der Waals surface area (Å²) in [6, 6.07) is 11.0. The minimum Gasteiger partial charge on any atom is -0.297 e. The molecule has 0 saturated heterocycles. The Morgan fingerprint density at radius 2 is 1.96 bits per heavy atom. The van der Waals surface area contributed by atoms with Crippen LogP contribution < -0.4 is 11.2 Å². The van der Waals surface area contributed by atoms with Gasteiger partial charge in [0.25, 0.3) is 5.56 Å². The predicted molar refractivity (Wildman–Crippen MR) is 90.2 cm³/mol. The lowest BCUT2D eigenvalue weighted by atomic mass is 10.2. The summed E-state index contributed by atoms with van der Waals surface area (Å²) in [6.07, 6.45) is 3.19. The van der Waals surface area contributed by atoms with Gasteiger partial charge in [-0.25, -0.2) is 14.5 Å². The molecule has 7 nitrogen and oxygen atoms in total. The first-order valence-electron chi connectivity index (χ1n) is 7.63. The van der Waals surface area contributed by atoms with Gasteiger partial charge in [0, 0.05) is 12.7 Å². The second-order valence-corrected chi connectivity index (χ2v) is 5.70. The number of hydrogen-bond donors (Lipinski definition) is 0. The van der Waals surface area contributed by atoms with E-state index in [1.165, 1.54) is 20.0 Å². The van der Waals surface area contributed by atoms with Crippen molar-refractivity contribution in [2.24, 2.45) is 0 Å². The lowest BCUT2D eigenvalue weighted by molar-refractivity contribution is 0.509. The van der Waals surface area contributed by atoms with Gasteiger partial charge in [0.15, 0.2) is 5.65 Å². The first kappa shape index (κ1) is 14.4. The van der Waals surface area contributed by atoms with E-state index in [1.54, 1.807) is 18.3 Å². The molecule has 0 bridgehead atoms. The zero-order valence-electron chi connectivity index (χ0n) is 13.1. The number of nitrogens with zero attached hydrogens (tertiary/aromatic N) is 5. The summed E-state index contributed by atoms with van der Waals surface area (Å²) >= 11 is 0. The molecule has 0 aliphatic rings. The largest absolute Gasteiger partial charge is 0.350 e. The summed E-state index contributed by atoms with van der Waals surface area (Å²) in [5, 5.41) is 4.85. The molecular formula is C17H15N5O2. The highest BCUT2D eigenvalue weighted by Crippen LogP contribution is 2.08. The number of benzene rings is 1. The smallest absolute Gasteiger partial charge is 0.297 e. The van der Waals surface area contributed by atoms with E-state index < -0.39 is 0 Å². The van der Waals surface area contributed by atoms with Crippen molar-refractivity contribution < 1.29 is 0 Å². The summed E-state index contributed by atoms with van der Waals surface area (Å²) in [5.74, 6) is 0. The molecule has 4 aromatic rings. The summed E-state index contributed by atoms with van der Waals surface area (Å²) < 4.78 is 4.35. The van der Waals surface area contributed by atoms with Crippen LogP contribution in [-0.2, 0) is 13.1 Å². The van der Waals surface area contributed by atoms with Crippen LogP contribution >= 0.6 is 0 Å². The fourth-order valence-electron chi connectivity index (χ4n) is 2.75. The van der Waals surface area contributed by atoms with Gasteiger partial charge < -0.3 is 0 Å². The van der Waals surface area contributed by atoms with Crippen LogP contribution in [0.5, 0.6) is 0 Å². The van der Waals surface area contributed by atoms with E-state index in [-0.39, 0.29) is 11.2 Å². The van der Waals surface area contributed by atoms with Crippen LogP contribution in [0.15, 0.2) is 58.5 Å². The normalized spacial score (nSPS) is 11.4. The maximum Gasteiger partial charge on any atom is 0.350 e. The number of aromatic nitrogens is 5. The molecule has 3 aromatic heterocycles. The highest BCUT2D eigenvalue weighted by Gasteiger charge is 2.08. The third-order valence-corrected chi connectivity index (χ3v) is 4.02. The molecule has 0 aliphatic carbocycles. The lowest BCUT2D eigenvalue weighted by Crippen LogP contribution is -2.27. The Balaban J connectivity index is 1.69. The molecule has 0 fully saturated rings. The van der Waals surface area contributed by atoms with Crippen molar-refractivity contribution in [2.45, 2.75) is 20.0 Å². The minimum absolute atomic E-state index is 0.111. The molecule has 0 spiro atoms. The van der Waals surface area contributed by atoms with E-state index in [0.717, 1.165) is 5.56 Å². The molecule has 4 rings (SSSR count). The van der Waals surface area contributed by atoms with Crippen molar-refractivity contribution in [3.8, 4) is 0 Å². The van der Waals surface area contributed by atoms with Gasteiger partial charge in [-0.05, 0) is 31.2 Å². The molecule has 0 radical (unpaired) electrons. The number of aryl methyl sites for hydroxylation is 3. The topological polar surface area (TPSA) is 74.2 Å². The number of pyridine rings is 1. The first-order valence-corrected chi connectivity index (χ1v) is 7.63. The fourth-order valence-corrected chi connectivity index (χ4v) is 2.75. The molecule has 0 saturated carbocycles. The Hall–Kier alpha value is -3.22. The SMILES string of the molecule is Cc1ccc2ncn(CCn3nc4ccccn4c3=O)c(=O)c2c1. The number of hydrogen-bond acceptors (Lipinski definition) is 4. The van der Waals surface area contributed by atoms with Gasteiger partial charge in [0.05, 0.1) is 23.8 Å². The molecule has 0 N–H and O–H groups in total. The Bertz CT molecular complexity index is 1170. The maximum atomic E-state index is 12.6. The molecular weight excluding hydrogens is 306 g/mol. The molecule has 0 aliphatic heterocycles. The van der Waals surface area contributed by atoms with E-state index in [9.17, 15) is 9.59 Å². The highest BCUT2D eigenvalue weighted by molar-refractivity contribution is 5.77. The molecule has 120 valence electrons. The van der Waals surface area contributed by atoms with Gasteiger partial charge in [0.2, 0.25) is 0 Å². The van der Waals surface area contributed by atoms with Gasteiger partial charge >= 0.3 is 5.69 Å². The molecule has 1 aromatic carbocycles. The fraction of sp³-hybridized carbons (Fsp3) is 0.176. The van der Waals surface area contributed by atoms with Crippen LogP contribution in [-0.4, -0.2) is 23.7 Å². The molecule has 0 unspecified atom stereocenters. The van der Waals surface area contributed by atoms with E-state index in [4.69, 9.17) is 0 Å². The van der Waals surface area contributed by atoms with E-state index >= 15 is 0 Å². The summed E-state index contributed by atoms with van der Waals surface area (Å²) in [5.41, 5.74) is 1.94. The van der Waals surface area contributed by atoms with Crippen LogP contribution in [0.4, 0.5) is 0 Å². The van der Waals surface area contributed by atoms with Gasteiger partial charge in [-0.1, -0.05) is 17.7 Å². The summed E-state index contributed by atoms with van der Waals surface area (Å²) in [4.78, 5) is 29.1. The van der Waals surface area contributed by atoms with E-state index in [2.05, 4.69) is 10.1 Å². The number of rotatable bonds is 3. The zero-order valence-corrected chi connectivity index (χ0v) is 13.1. The van der Waals surface area contributed by atoms with E-state index in [0.29, 0.717) is 29.6 Å². The van der Waals surface area contributed by atoms with Crippen molar-refractivity contribution >= 4 is 16.6 Å². The molecule has 24 heavy (non-hydrogen) atoms. The van der Waals surface area contributed by atoms with Crippen LogP contribution in [0.1, 0.15) is 5.56 Å². The van der Waals surface area contributed by atoms with Crippen LogP contribution in [0.2, 0.25) is 0 Å². The van der Waals surface area contributed by atoms with Crippen molar-refractivity contribution in [1.82, 2.24) is 23.7 Å². The van der Waals surface area contributed by atoms with Gasteiger partial charge in [0.1, 0.15) is 0 Å². The van der Waals surface area contributed by atoms with Crippen LogP contribution in [0, 0.1) is 6.92 Å². The third-order valence-electron chi connectivity index (χ3n) is 4.02. The zero-order chi connectivity index (χ0) is 16.7. The Labute approximate surface area is 136 Å². The average Bonchev–Trinajstić information content (AvgIpc) is 2.91. The lowest BCUT2D eigenvalue weighted by Gasteiger charge is -2.06. The highest BCUT2D eigenvalue weighted by atomic mass is 16.2. The molecule has 3 heterocycles. The van der Waals surface area contributed by atoms with E-state index in [1.807, 2.05) is 31.2 Å². The monoisotopic (exact) mass is 321 g/mol. The van der Waals surface area contributed by atoms with Gasteiger partial charge in [-0.2, -0.15) is 0 Å². The molecule has 0 atom stereocenters. The Morgan fingerprint density at radius 1 is 1.08 bits per heavy atom. The maximum absolute atomic E-state index is 12.6. The van der Waals surface area contributed by atoms with Crippen LogP contribution in [0.3, 0.4) is 0 Å². The average molecular weight is 321 g/mol. The first-order chi connectivity index (χ1) is 11.6. The van der Waals surface area contributed by atoms with Crippen molar-refractivity contribution in [1.29, 1.82) is 0 Å². The third kappa shape index (κ3) is 2.30. The Morgan fingerprint density at radius 3 is 2.79 bits per heavy atom. The van der Waals surface area contributed by atoms with Gasteiger partial charge in [-0.3, -0.25) is 13.8 Å². The second kappa shape index (κ2) is 5.45. The second-order valence-electron chi connectivity index (χ2n) is 5.70. The van der Waals surface area contributed by atoms with Crippen LogP contribution in [0.25, 0.3) is 16.6 Å². The molecule has 7 heteroatoms. The number of fused-ring (bicyclic) bond motifs is 2.